The molecule has 6 rings (SSSR count). The van der Waals surface area contributed by atoms with Crippen LogP contribution in [-0.4, -0.2) is 4.92 Å². The summed E-state index contributed by atoms with van der Waals surface area (Å²) in [6.07, 6.45) is 0. The first-order valence-corrected chi connectivity index (χ1v) is 9.75. The molecule has 6 aromatic carbocycles. The molecule has 30 heavy (non-hydrogen) atoms. The van der Waals surface area contributed by atoms with E-state index in [9.17, 15) is 10.1 Å². The zero-order chi connectivity index (χ0) is 20.4. The Kier molecular flexibility index (Phi) is 3.30. The SMILES string of the molecule is Nc1cccc2c1ccc1ccc3ccc4ccc5ccc([N+](=O)[O-])cc5c4c3c12. The number of hydrogen-bond donors (Lipinski definition) is 1. The first-order chi connectivity index (χ1) is 14.6. The lowest BCUT2D eigenvalue weighted by atomic mass is 9.90. The van der Waals surface area contributed by atoms with E-state index in [2.05, 4.69) is 48.5 Å². The van der Waals surface area contributed by atoms with Crippen LogP contribution >= 0.6 is 0 Å². The van der Waals surface area contributed by atoms with Gasteiger partial charge in [0.2, 0.25) is 0 Å². The maximum Gasteiger partial charge on any atom is 0.270 e. The molecule has 0 saturated carbocycles. The Morgan fingerprint density at radius 3 is 1.87 bits per heavy atom. The molecular formula is C26H16N2O2. The summed E-state index contributed by atoms with van der Waals surface area (Å²) in [7, 11) is 0. The van der Waals surface area contributed by atoms with Crippen molar-refractivity contribution in [3.63, 3.8) is 0 Å². The van der Waals surface area contributed by atoms with Crippen molar-refractivity contribution < 1.29 is 4.92 Å². The van der Waals surface area contributed by atoms with E-state index in [1.807, 2.05) is 24.3 Å². The molecule has 0 saturated heterocycles. The number of anilines is 1. The van der Waals surface area contributed by atoms with Crippen LogP contribution in [0.15, 0.2) is 84.9 Å². The van der Waals surface area contributed by atoms with Gasteiger partial charge in [0.15, 0.2) is 0 Å². The molecule has 4 nitrogen and oxygen atoms in total. The second-order valence-corrected chi connectivity index (χ2v) is 7.66. The maximum atomic E-state index is 11.5. The van der Waals surface area contributed by atoms with E-state index < -0.39 is 0 Å². The summed E-state index contributed by atoms with van der Waals surface area (Å²) >= 11 is 0. The highest BCUT2D eigenvalue weighted by molar-refractivity contribution is 6.32. The summed E-state index contributed by atoms with van der Waals surface area (Å²) in [6, 6.07) is 27.8. The van der Waals surface area contributed by atoms with E-state index in [0.717, 1.165) is 59.5 Å². The molecule has 6 aromatic rings. The average Bonchev–Trinajstić information content (AvgIpc) is 2.77. The molecule has 4 heteroatoms. The molecule has 0 heterocycles. The van der Waals surface area contributed by atoms with Crippen LogP contribution in [0.1, 0.15) is 0 Å². The van der Waals surface area contributed by atoms with Gasteiger partial charge in [0.25, 0.3) is 5.69 Å². The zero-order valence-corrected chi connectivity index (χ0v) is 15.9. The molecule has 0 bridgehead atoms. The Labute approximate surface area is 171 Å². The number of benzene rings is 6. The van der Waals surface area contributed by atoms with Gasteiger partial charge < -0.3 is 5.73 Å². The number of nitro benzene ring substituents is 1. The van der Waals surface area contributed by atoms with Crippen molar-refractivity contribution >= 4 is 65.2 Å². The first-order valence-electron chi connectivity index (χ1n) is 9.75. The summed E-state index contributed by atoms with van der Waals surface area (Å²) in [5.41, 5.74) is 7.11. The third kappa shape index (κ3) is 2.22. The van der Waals surface area contributed by atoms with Crippen molar-refractivity contribution in [2.75, 3.05) is 5.73 Å². The van der Waals surface area contributed by atoms with Gasteiger partial charge in [-0.25, -0.2) is 0 Å². The van der Waals surface area contributed by atoms with Crippen molar-refractivity contribution in [1.29, 1.82) is 0 Å². The normalized spacial score (nSPS) is 11.7. The van der Waals surface area contributed by atoms with E-state index in [1.54, 1.807) is 12.1 Å². The Morgan fingerprint density at radius 2 is 1.17 bits per heavy atom. The number of nitrogens with two attached hydrogens (primary N) is 1. The summed E-state index contributed by atoms with van der Waals surface area (Å²) < 4.78 is 0. The highest BCUT2D eigenvalue weighted by Gasteiger charge is 2.14. The third-order valence-corrected chi connectivity index (χ3v) is 6.05. The summed E-state index contributed by atoms with van der Waals surface area (Å²) in [4.78, 5) is 11.1. The van der Waals surface area contributed by atoms with Gasteiger partial charge in [0.05, 0.1) is 4.92 Å². The lowest BCUT2D eigenvalue weighted by Gasteiger charge is -2.13. The molecule has 0 aliphatic carbocycles. The van der Waals surface area contributed by atoms with Gasteiger partial charge in [-0.05, 0) is 60.6 Å². The number of fused-ring (bicyclic) bond motifs is 9. The molecule has 0 atom stereocenters. The number of hydrogen-bond acceptors (Lipinski definition) is 3. The molecule has 0 aromatic heterocycles. The topological polar surface area (TPSA) is 69.2 Å². The number of nitro groups is 1. The second-order valence-electron chi connectivity index (χ2n) is 7.66. The van der Waals surface area contributed by atoms with E-state index in [4.69, 9.17) is 5.73 Å². The molecule has 0 spiro atoms. The van der Waals surface area contributed by atoms with Crippen LogP contribution < -0.4 is 5.73 Å². The van der Waals surface area contributed by atoms with Crippen molar-refractivity contribution in [3.8, 4) is 0 Å². The predicted molar refractivity (Wildman–Crippen MR) is 125 cm³/mol. The number of non-ortho nitro benzene ring substituents is 1. The Hall–Kier alpha value is -4.18. The zero-order valence-electron chi connectivity index (χ0n) is 15.9. The maximum absolute atomic E-state index is 11.5. The summed E-state index contributed by atoms with van der Waals surface area (Å²) in [5.74, 6) is 0. The van der Waals surface area contributed by atoms with Crippen LogP contribution in [0.3, 0.4) is 0 Å². The molecule has 0 aliphatic rings. The Morgan fingerprint density at radius 1 is 0.600 bits per heavy atom. The summed E-state index contributed by atoms with van der Waals surface area (Å²) in [5, 5.41) is 22.0. The second kappa shape index (κ2) is 5.91. The molecule has 0 aliphatic heterocycles. The summed E-state index contributed by atoms with van der Waals surface area (Å²) in [6.45, 7) is 0. The minimum absolute atomic E-state index is 0.0985. The highest BCUT2D eigenvalue weighted by atomic mass is 16.6. The van der Waals surface area contributed by atoms with Crippen molar-refractivity contribution in [1.82, 2.24) is 0 Å². The van der Waals surface area contributed by atoms with E-state index in [-0.39, 0.29) is 10.6 Å². The number of nitrogen functional groups attached to an aromatic ring is 1. The molecule has 142 valence electrons. The van der Waals surface area contributed by atoms with E-state index >= 15 is 0 Å². The third-order valence-electron chi connectivity index (χ3n) is 6.05. The van der Waals surface area contributed by atoms with Crippen molar-refractivity contribution in [2.45, 2.75) is 0 Å². The molecule has 2 N–H and O–H groups in total. The smallest absolute Gasteiger partial charge is 0.270 e. The van der Waals surface area contributed by atoms with Crippen LogP contribution in [-0.2, 0) is 0 Å². The van der Waals surface area contributed by atoms with Crippen LogP contribution in [0.5, 0.6) is 0 Å². The first kappa shape index (κ1) is 16.7. The van der Waals surface area contributed by atoms with Gasteiger partial charge in [-0.1, -0.05) is 60.7 Å². The molecule has 0 unspecified atom stereocenters. The lowest BCUT2D eigenvalue weighted by Crippen LogP contribution is -1.90. The van der Waals surface area contributed by atoms with Gasteiger partial charge in [-0.3, -0.25) is 10.1 Å². The molecule has 0 amide bonds. The minimum Gasteiger partial charge on any atom is -0.398 e. The lowest BCUT2D eigenvalue weighted by molar-refractivity contribution is -0.384. The Bertz CT molecular complexity index is 1680. The molecular weight excluding hydrogens is 372 g/mol. The Balaban J connectivity index is 1.97. The monoisotopic (exact) mass is 388 g/mol. The van der Waals surface area contributed by atoms with Gasteiger partial charge >= 0.3 is 0 Å². The number of nitrogens with zero attached hydrogens (tertiary/aromatic N) is 1. The van der Waals surface area contributed by atoms with Gasteiger partial charge in [0, 0.05) is 23.2 Å². The van der Waals surface area contributed by atoms with Crippen LogP contribution in [0.4, 0.5) is 11.4 Å². The van der Waals surface area contributed by atoms with Crippen molar-refractivity contribution in [3.05, 3.63) is 95.0 Å². The highest BCUT2D eigenvalue weighted by Crippen LogP contribution is 2.40. The van der Waals surface area contributed by atoms with Crippen LogP contribution in [0.2, 0.25) is 0 Å². The van der Waals surface area contributed by atoms with Crippen molar-refractivity contribution in [2.24, 2.45) is 0 Å². The fraction of sp³-hybridized carbons (Fsp3) is 0. The van der Waals surface area contributed by atoms with Gasteiger partial charge in [-0.15, -0.1) is 0 Å². The van der Waals surface area contributed by atoms with Crippen LogP contribution in [0, 0.1) is 10.1 Å². The molecule has 0 radical (unpaired) electrons. The van der Waals surface area contributed by atoms with E-state index in [1.165, 1.54) is 0 Å². The minimum atomic E-state index is -0.336. The average molecular weight is 388 g/mol. The van der Waals surface area contributed by atoms with E-state index in [0.29, 0.717) is 0 Å². The quantitative estimate of drug-likeness (QED) is 0.143. The van der Waals surface area contributed by atoms with Crippen LogP contribution in [0.25, 0.3) is 53.9 Å². The fourth-order valence-corrected chi connectivity index (χ4v) is 4.67. The standard InChI is InChI=1S/C26H16N2O2/c27-23-3-1-2-21-20(23)13-11-17-7-9-18-8-6-16-5-4-15-10-12-19(28(29)30)14-22(15)25(16)26(18)24(17)21/h1-14H,27H2. The molecule has 0 fully saturated rings. The number of rotatable bonds is 1. The van der Waals surface area contributed by atoms with Gasteiger partial charge in [-0.2, -0.15) is 0 Å². The fourth-order valence-electron chi connectivity index (χ4n) is 4.67. The predicted octanol–water partition coefficient (Wildman–Crippen LogP) is 6.94. The van der Waals surface area contributed by atoms with Gasteiger partial charge in [0.1, 0.15) is 0 Å². The largest absolute Gasteiger partial charge is 0.398 e.